The van der Waals surface area contributed by atoms with Crippen LogP contribution in [0.2, 0.25) is 0 Å². The second-order valence-electron chi connectivity index (χ2n) is 3.85. The fourth-order valence-electron chi connectivity index (χ4n) is 1.27. The molecule has 0 fully saturated rings. The number of nitrogens with one attached hydrogen (secondary N) is 1. The molecule has 0 atom stereocenters. The number of nitrogens with zero attached hydrogens (tertiary/aromatic N) is 1. The van der Waals surface area contributed by atoms with Gasteiger partial charge in [0.1, 0.15) is 5.82 Å². The first-order valence-electron chi connectivity index (χ1n) is 5.13. The van der Waals surface area contributed by atoms with Gasteiger partial charge in [-0.25, -0.2) is 9.37 Å². The third kappa shape index (κ3) is 2.58. The monoisotopic (exact) mass is 236 g/mol. The molecule has 0 aliphatic rings. The Balaban J connectivity index is 2.11. The van der Waals surface area contributed by atoms with Gasteiger partial charge in [-0.1, -0.05) is 13.8 Å². The van der Waals surface area contributed by atoms with Crippen LogP contribution < -0.4 is 5.32 Å². The highest BCUT2D eigenvalue weighted by atomic mass is 32.1. The summed E-state index contributed by atoms with van der Waals surface area (Å²) in [5, 5.41) is 3.99. The molecule has 1 aromatic carbocycles. The minimum absolute atomic E-state index is 0.229. The molecule has 1 heterocycles. The minimum atomic E-state index is -0.229. The van der Waals surface area contributed by atoms with Crippen molar-refractivity contribution in [2.75, 3.05) is 5.32 Å². The molecule has 0 saturated carbocycles. The molecule has 16 heavy (non-hydrogen) atoms. The molecule has 0 aliphatic heterocycles. The van der Waals surface area contributed by atoms with Crippen LogP contribution in [0.5, 0.6) is 0 Å². The molecule has 0 saturated heterocycles. The summed E-state index contributed by atoms with van der Waals surface area (Å²) in [7, 11) is 0. The topological polar surface area (TPSA) is 24.9 Å². The van der Waals surface area contributed by atoms with Crippen molar-refractivity contribution >= 4 is 22.2 Å². The van der Waals surface area contributed by atoms with Crippen LogP contribution in [-0.4, -0.2) is 4.98 Å². The van der Waals surface area contributed by atoms with E-state index in [1.807, 2.05) is 6.20 Å². The van der Waals surface area contributed by atoms with E-state index in [1.54, 1.807) is 23.5 Å². The molecule has 0 bridgehead atoms. The van der Waals surface area contributed by atoms with Gasteiger partial charge in [-0.2, -0.15) is 0 Å². The summed E-state index contributed by atoms with van der Waals surface area (Å²) in [5.41, 5.74) is 0.853. The number of halogens is 1. The van der Waals surface area contributed by atoms with Gasteiger partial charge >= 0.3 is 0 Å². The van der Waals surface area contributed by atoms with E-state index in [4.69, 9.17) is 0 Å². The summed E-state index contributed by atoms with van der Waals surface area (Å²) in [6.07, 6.45) is 1.88. The maximum Gasteiger partial charge on any atom is 0.187 e. The van der Waals surface area contributed by atoms with Crippen LogP contribution in [0, 0.1) is 5.82 Å². The molecule has 4 heteroatoms. The van der Waals surface area contributed by atoms with Crippen molar-refractivity contribution in [1.82, 2.24) is 4.98 Å². The highest BCUT2D eigenvalue weighted by Gasteiger charge is 2.05. The van der Waals surface area contributed by atoms with Crippen molar-refractivity contribution in [2.45, 2.75) is 19.8 Å². The second-order valence-corrected chi connectivity index (χ2v) is 4.92. The maximum absolute atomic E-state index is 12.7. The molecular weight excluding hydrogens is 223 g/mol. The fourth-order valence-corrected chi connectivity index (χ4v) is 2.11. The lowest BCUT2D eigenvalue weighted by Crippen LogP contribution is -1.88. The zero-order chi connectivity index (χ0) is 11.5. The smallest absolute Gasteiger partial charge is 0.187 e. The highest BCUT2D eigenvalue weighted by Crippen LogP contribution is 2.27. The summed E-state index contributed by atoms with van der Waals surface area (Å²) in [4.78, 5) is 5.51. The van der Waals surface area contributed by atoms with Crippen molar-refractivity contribution in [2.24, 2.45) is 0 Å². The number of aromatic nitrogens is 1. The molecule has 1 aromatic heterocycles. The van der Waals surface area contributed by atoms with Crippen molar-refractivity contribution in [1.29, 1.82) is 0 Å². The lowest BCUT2D eigenvalue weighted by Gasteiger charge is -2.01. The predicted molar refractivity (Wildman–Crippen MR) is 65.9 cm³/mol. The molecule has 2 aromatic rings. The third-order valence-electron chi connectivity index (χ3n) is 2.19. The molecular formula is C12H13FN2S. The molecule has 2 rings (SSSR count). The van der Waals surface area contributed by atoms with E-state index < -0.39 is 0 Å². The third-order valence-corrected chi connectivity index (χ3v) is 3.40. The number of benzene rings is 1. The Labute approximate surface area is 98.2 Å². The largest absolute Gasteiger partial charge is 0.332 e. The van der Waals surface area contributed by atoms with Crippen LogP contribution in [0.3, 0.4) is 0 Å². The van der Waals surface area contributed by atoms with Crippen LogP contribution in [0.25, 0.3) is 0 Å². The Morgan fingerprint density at radius 1 is 1.25 bits per heavy atom. The molecule has 0 unspecified atom stereocenters. The Morgan fingerprint density at radius 2 is 1.94 bits per heavy atom. The van der Waals surface area contributed by atoms with E-state index in [2.05, 4.69) is 24.1 Å². The van der Waals surface area contributed by atoms with Crippen molar-refractivity contribution < 1.29 is 4.39 Å². The number of thiazole rings is 1. The maximum atomic E-state index is 12.7. The normalized spacial score (nSPS) is 10.8. The van der Waals surface area contributed by atoms with E-state index in [9.17, 15) is 4.39 Å². The van der Waals surface area contributed by atoms with Crippen LogP contribution in [-0.2, 0) is 0 Å². The number of hydrogen-bond acceptors (Lipinski definition) is 3. The van der Waals surface area contributed by atoms with Crippen molar-refractivity contribution in [3.63, 3.8) is 0 Å². The Kier molecular flexibility index (Phi) is 3.19. The van der Waals surface area contributed by atoms with E-state index in [-0.39, 0.29) is 5.82 Å². The molecule has 0 radical (unpaired) electrons. The van der Waals surface area contributed by atoms with Crippen LogP contribution >= 0.6 is 11.3 Å². The van der Waals surface area contributed by atoms with E-state index in [1.165, 1.54) is 17.0 Å². The van der Waals surface area contributed by atoms with Crippen LogP contribution in [0.15, 0.2) is 30.5 Å². The summed E-state index contributed by atoms with van der Waals surface area (Å²) in [6, 6.07) is 6.26. The van der Waals surface area contributed by atoms with E-state index >= 15 is 0 Å². The zero-order valence-corrected chi connectivity index (χ0v) is 10.0. The molecule has 1 N–H and O–H groups in total. The first kappa shape index (κ1) is 11.1. The Hall–Kier alpha value is -1.42. The van der Waals surface area contributed by atoms with E-state index in [0.29, 0.717) is 5.92 Å². The zero-order valence-electron chi connectivity index (χ0n) is 9.20. The lowest BCUT2D eigenvalue weighted by atomic mass is 10.2. The number of anilines is 2. The van der Waals surface area contributed by atoms with Crippen molar-refractivity contribution in [3.05, 3.63) is 41.2 Å². The predicted octanol–water partition coefficient (Wildman–Crippen LogP) is 4.15. The van der Waals surface area contributed by atoms with Gasteiger partial charge in [0.05, 0.1) is 0 Å². The van der Waals surface area contributed by atoms with Gasteiger partial charge in [-0.15, -0.1) is 11.3 Å². The quantitative estimate of drug-likeness (QED) is 0.866. The SMILES string of the molecule is CC(C)c1cnc(Nc2ccc(F)cc2)s1. The Morgan fingerprint density at radius 3 is 2.50 bits per heavy atom. The average molecular weight is 236 g/mol. The average Bonchev–Trinajstić information content (AvgIpc) is 2.70. The summed E-state index contributed by atoms with van der Waals surface area (Å²) in [6.45, 7) is 4.27. The highest BCUT2D eigenvalue weighted by molar-refractivity contribution is 7.15. The van der Waals surface area contributed by atoms with Gasteiger partial charge < -0.3 is 5.32 Å². The standard InChI is InChI=1S/C12H13FN2S/c1-8(2)11-7-14-12(16-11)15-10-5-3-9(13)4-6-10/h3-8H,1-2H3,(H,14,15). The summed E-state index contributed by atoms with van der Waals surface area (Å²) < 4.78 is 12.7. The van der Waals surface area contributed by atoms with Gasteiger partial charge in [-0.3, -0.25) is 0 Å². The van der Waals surface area contributed by atoms with Gasteiger partial charge in [-0.05, 0) is 30.2 Å². The molecule has 2 nitrogen and oxygen atoms in total. The van der Waals surface area contributed by atoms with Gasteiger partial charge in [0.25, 0.3) is 0 Å². The number of hydrogen-bond donors (Lipinski definition) is 1. The summed E-state index contributed by atoms with van der Waals surface area (Å²) >= 11 is 1.62. The van der Waals surface area contributed by atoms with Gasteiger partial charge in [0.2, 0.25) is 0 Å². The van der Waals surface area contributed by atoms with Gasteiger partial charge in [0.15, 0.2) is 5.13 Å². The van der Waals surface area contributed by atoms with Crippen molar-refractivity contribution in [3.8, 4) is 0 Å². The first-order chi connectivity index (χ1) is 7.65. The second kappa shape index (κ2) is 4.61. The number of rotatable bonds is 3. The van der Waals surface area contributed by atoms with Gasteiger partial charge in [0, 0.05) is 16.8 Å². The molecule has 0 spiro atoms. The lowest BCUT2D eigenvalue weighted by molar-refractivity contribution is 0.628. The van der Waals surface area contributed by atoms with E-state index in [0.717, 1.165) is 10.8 Å². The minimum Gasteiger partial charge on any atom is -0.332 e. The fraction of sp³-hybridized carbons (Fsp3) is 0.250. The first-order valence-corrected chi connectivity index (χ1v) is 5.95. The van der Waals surface area contributed by atoms with Crippen LogP contribution in [0.1, 0.15) is 24.6 Å². The molecule has 84 valence electrons. The summed E-state index contributed by atoms with van der Waals surface area (Å²) in [5.74, 6) is 0.258. The molecule has 0 aliphatic carbocycles. The Bertz CT molecular complexity index is 462. The van der Waals surface area contributed by atoms with Crippen LogP contribution in [0.4, 0.5) is 15.2 Å². The molecule has 0 amide bonds.